The molecule has 2 atom stereocenters. The fraction of sp³-hybridized carbons (Fsp3) is 0.471. The molecule has 3 heterocycles. The van der Waals surface area contributed by atoms with Crippen LogP contribution in [0.25, 0.3) is 11.0 Å². The van der Waals surface area contributed by atoms with Crippen LogP contribution in [0.5, 0.6) is 0 Å². The average molecular weight is 312 g/mol. The summed E-state index contributed by atoms with van der Waals surface area (Å²) >= 11 is 0. The summed E-state index contributed by atoms with van der Waals surface area (Å²) < 4.78 is 4.86. The minimum Gasteiger partial charge on any atom is -0.465 e. The number of fused-ring (bicyclic) bond motifs is 3. The van der Waals surface area contributed by atoms with Gasteiger partial charge in [-0.1, -0.05) is 0 Å². The van der Waals surface area contributed by atoms with Crippen LogP contribution in [0.4, 0.5) is 5.69 Å². The minimum atomic E-state index is -0.375. The van der Waals surface area contributed by atoms with E-state index in [9.17, 15) is 4.79 Å². The first-order chi connectivity index (χ1) is 11.2. The van der Waals surface area contributed by atoms with E-state index in [4.69, 9.17) is 4.74 Å². The number of carbonyl (C=O) groups is 1. The zero-order valence-corrected chi connectivity index (χ0v) is 13.4. The monoisotopic (exact) mass is 312 g/mol. The molecule has 1 aromatic carbocycles. The van der Waals surface area contributed by atoms with Crippen molar-refractivity contribution in [3.8, 4) is 0 Å². The number of nitrogens with zero attached hydrogens (tertiary/aromatic N) is 4. The van der Waals surface area contributed by atoms with Gasteiger partial charge >= 0.3 is 5.97 Å². The van der Waals surface area contributed by atoms with E-state index in [1.807, 2.05) is 6.07 Å². The lowest BCUT2D eigenvalue weighted by atomic mass is 10.1. The lowest BCUT2D eigenvalue weighted by Gasteiger charge is -2.40. The van der Waals surface area contributed by atoms with E-state index in [-0.39, 0.29) is 5.97 Å². The Bertz CT molecular complexity index is 749. The number of esters is 1. The molecule has 0 radical (unpaired) electrons. The van der Waals surface area contributed by atoms with E-state index in [2.05, 4.69) is 26.8 Å². The van der Waals surface area contributed by atoms with Crippen molar-refractivity contribution >= 4 is 22.7 Å². The van der Waals surface area contributed by atoms with Crippen molar-refractivity contribution in [1.29, 1.82) is 0 Å². The molecule has 4 rings (SSSR count). The lowest BCUT2D eigenvalue weighted by Crippen LogP contribution is -2.52. The largest absolute Gasteiger partial charge is 0.465 e. The number of rotatable bonds is 2. The number of benzene rings is 1. The molecule has 2 aliphatic heterocycles. The lowest BCUT2D eigenvalue weighted by molar-refractivity contribution is 0.0602. The zero-order chi connectivity index (χ0) is 16.0. The summed E-state index contributed by atoms with van der Waals surface area (Å²) in [5, 5.41) is 0. The molecule has 0 amide bonds. The molecular formula is C17H20N4O2. The van der Waals surface area contributed by atoms with Gasteiger partial charge in [0, 0.05) is 37.6 Å². The van der Waals surface area contributed by atoms with Crippen LogP contribution < -0.4 is 4.90 Å². The Labute approximate surface area is 135 Å². The quantitative estimate of drug-likeness (QED) is 0.787. The SMILES string of the molecule is COC(=O)c1ccc(N2CC3CCC(C2)N3C)c2nccnc12. The third-order valence-corrected chi connectivity index (χ3v) is 5.20. The van der Waals surface area contributed by atoms with Crippen molar-refractivity contribution in [2.75, 3.05) is 32.1 Å². The zero-order valence-electron chi connectivity index (χ0n) is 13.4. The molecule has 2 fully saturated rings. The summed E-state index contributed by atoms with van der Waals surface area (Å²) in [6.07, 6.45) is 5.80. The maximum absolute atomic E-state index is 12.0. The number of anilines is 1. The van der Waals surface area contributed by atoms with E-state index < -0.39 is 0 Å². The number of carbonyl (C=O) groups excluding carboxylic acids is 1. The number of aromatic nitrogens is 2. The van der Waals surface area contributed by atoms with Gasteiger partial charge in [-0.15, -0.1) is 0 Å². The first-order valence-corrected chi connectivity index (χ1v) is 7.98. The summed E-state index contributed by atoms with van der Waals surface area (Å²) in [4.78, 5) is 25.7. The highest BCUT2D eigenvalue weighted by molar-refractivity contribution is 6.05. The van der Waals surface area contributed by atoms with Gasteiger partial charge in [0.25, 0.3) is 0 Å². The molecular weight excluding hydrogens is 292 g/mol. The molecule has 2 aliphatic rings. The number of likely N-dealkylation sites (N-methyl/N-ethyl adjacent to an activating group) is 1. The van der Waals surface area contributed by atoms with E-state index in [0.29, 0.717) is 23.2 Å². The minimum absolute atomic E-state index is 0.375. The van der Waals surface area contributed by atoms with E-state index >= 15 is 0 Å². The Balaban J connectivity index is 1.78. The van der Waals surface area contributed by atoms with Crippen LogP contribution in [-0.2, 0) is 4.74 Å². The van der Waals surface area contributed by atoms with Crippen molar-refractivity contribution in [2.24, 2.45) is 0 Å². The standard InChI is InChI=1S/C17H20N4O2/c1-20-11-3-4-12(20)10-21(9-11)14-6-5-13(17(22)23-2)15-16(14)19-8-7-18-15/h5-8,11-12H,3-4,9-10H2,1-2H3. The molecule has 2 saturated heterocycles. The van der Waals surface area contributed by atoms with Crippen LogP contribution in [0.3, 0.4) is 0 Å². The maximum Gasteiger partial charge on any atom is 0.340 e. The Morgan fingerprint density at radius 3 is 2.43 bits per heavy atom. The Morgan fingerprint density at radius 1 is 1.13 bits per heavy atom. The Kier molecular flexibility index (Phi) is 3.41. The van der Waals surface area contributed by atoms with Gasteiger partial charge in [-0.25, -0.2) is 4.79 Å². The first-order valence-electron chi connectivity index (χ1n) is 7.98. The molecule has 0 N–H and O–H groups in total. The highest BCUT2D eigenvalue weighted by atomic mass is 16.5. The number of methoxy groups -OCH3 is 1. The van der Waals surface area contributed by atoms with Crippen LogP contribution in [0.15, 0.2) is 24.5 Å². The second-order valence-electron chi connectivity index (χ2n) is 6.33. The number of piperazine rings is 1. The van der Waals surface area contributed by atoms with Gasteiger partial charge in [-0.3, -0.25) is 14.9 Å². The van der Waals surface area contributed by atoms with Crippen molar-refractivity contribution in [2.45, 2.75) is 24.9 Å². The Hall–Kier alpha value is -2.21. The number of hydrogen-bond acceptors (Lipinski definition) is 6. The highest BCUT2D eigenvalue weighted by Gasteiger charge is 2.38. The summed E-state index contributed by atoms with van der Waals surface area (Å²) in [6, 6.07) is 4.98. The van der Waals surface area contributed by atoms with Crippen molar-refractivity contribution in [3.05, 3.63) is 30.1 Å². The van der Waals surface area contributed by atoms with Gasteiger partial charge in [-0.2, -0.15) is 0 Å². The summed E-state index contributed by atoms with van der Waals surface area (Å²) in [5.74, 6) is -0.375. The molecule has 6 nitrogen and oxygen atoms in total. The molecule has 2 aromatic rings. The van der Waals surface area contributed by atoms with E-state index in [1.54, 1.807) is 18.5 Å². The van der Waals surface area contributed by atoms with Crippen LogP contribution in [0.1, 0.15) is 23.2 Å². The molecule has 2 bridgehead atoms. The molecule has 0 saturated carbocycles. The third-order valence-electron chi connectivity index (χ3n) is 5.20. The second-order valence-corrected chi connectivity index (χ2v) is 6.33. The van der Waals surface area contributed by atoms with Crippen molar-refractivity contribution < 1.29 is 9.53 Å². The number of hydrogen-bond donors (Lipinski definition) is 0. The normalized spacial score (nSPS) is 24.2. The van der Waals surface area contributed by atoms with Gasteiger partial charge in [0.15, 0.2) is 0 Å². The molecule has 6 heteroatoms. The van der Waals surface area contributed by atoms with E-state index in [0.717, 1.165) is 24.3 Å². The van der Waals surface area contributed by atoms with Gasteiger partial charge in [0.1, 0.15) is 11.0 Å². The van der Waals surface area contributed by atoms with Gasteiger partial charge in [-0.05, 0) is 32.0 Å². The van der Waals surface area contributed by atoms with Gasteiger partial charge in [0.05, 0.1) is 18.4 Å². The van der Waals surface area contributed by atoms with Crippen LogP contribution in [-0.4, -0.2) is 60.2 Å². The summed E-state index contributed by atoms with van der Waals surface area (Å²) in [7, 11) is 3.61. The first kappa shape index (κ1) is 14.4. The molecule has 0 spiro atoms. The fourth-order valence-corrected chi connectivity index (χ4v) is 3.88. The summed E-state index contributed by atoms with van der Waals surface area (Å²) in [5.41, 5.74) is 2.92. The van der Waals surface area contributed by atoms with Crippen LogP contribution in [0, 0.1) is 0 Å². The topological polar surface area (TPSA) is 58.6 Å². The van der Waals surface area contributed by atoms with Crippen LogP contribution >= 0.6 is 0 Å². The van der Waals surface area contributed by atoms with Gasteiger partial charge < -0.3 is 9.64 Å². The third kappa shape index (κ3) is 2.25. The van der Waals surface area contributed by atoms with Crippen molar-refractivity contribution in [1.82, 2.24) is 14.9 Å². The Morgan fingerprint density at radius 2 is 1.78 bits per heavy atom. The summed E-state index contributed by atoms with van der Waals surface area (Å²) in [6.45, 7) is 1.99. The van der Waals surface area contributed by atoms with E-state index in [1.165, 1.54) is 20.0 Å². The van der Waals surface area contributed by atoms with Crippen molar-refractivity contribution in [3.63, 3.8) is 0 Å². The molecule has 23 heavy (non-hydrogen) atoms. The second kappa shape index (κ2) is 5.45. The van der Waals surface area contributed by atoms with Crippen LogP contribution in [0.2, 0.25) is 0 Å². The predicted molar refractivity (Wildman–Crippen MR) is 87.7 cm³/mol. The fourth-order valence-electron chi connectivity index (χ4n) is 3.88. The number of ether oxygens (including phenoxy) is 1. The molecule has 0 aliphatic carbocycles. The highest BCUT2D eigenvalue weighted by Crippen LogP contribution is 2.34. The molecule has 1 aromatic heterocycles. The van der Waals surface area contributed by atoms with Gasteiger partial charge in [0.2, 0.25) is 0 Å². The predicted octanol–water partition coefficient (Wildman–Crippen LogP) is 1.70. The molecule has 2 unspecified atom stereocenters. The molecule has 120 valence electrons. The average Bonchev–Trinajstić information content (AvgIpc) is 2.81. The maximum atomic E-state index is 12.0. The smallest absolute Gasteiger partial charge is 0.340 e.